The van der Waals surface area contributed by atoms with Crippen molar-refractivity contribution in [3.8, 4) is 0 Å². The molecule has 2 rings (SSSR count). The topological polar surface area (TPSA) is 15.8 Å². The van der Waals surface area contributed by atoms with E-state index in [1.165, 1.54) is 49.8 Å². The molecule has 94 valence electrons. The van der Waals surface area contributed by atoms with Crippen molar-refractivity contribution in [3.63, 3.8) is 0 Å². The summed E-state index contributed by atoms with van der Waals surface area (Å²) in [5.41, 5.74) is 4.50. The van der Waals surface area contributed by atoms with Crippen LogP contribution in [0.1, 0.15) is 56.4 Å². The number of pyridine rings is 1. The number of aromatic nitrogens is 1. The first-order valence-electron chi connectivity index (χ1n) is 6.91. The van der Waals surface area contributed by atoms with Gasteiger partial charge in [-0.25, -0.2) is 0 Å². The molecule has 1 nitrogen and oxygen atoms in total. The van der Waals surface area contributed by atoms with E-state index in [4.69, 9.17) is 12.2 Å². The van der Waals surface area contributed by atoms with Crippen molar-refractivity contribution in [2.24, 2.45) is 5.92 Å². The molecule has 0 atom stereocenters. The predicted molar refractivity (Wildman–Crippen MR) is 76.0 cm³/mol. The third-order valence-electron chi connectivity index (χ3n) is 3.57. The summed E-state index contributed by atoms with van der Waals surface area (Å²) >= 11 is 5.36. The van der Waals surface area contributed by atoms with Gasteiger partial charge in [-0.2, -0.15) is 0 Å². The minimum absolute atomic E-state index is 0.692. The standard InChI is InChI=1S/C15H23NS/c1-11(2)9-14-13-8-6-4-3-5-7-12(13)10-15(17)16-14/h10-11H,3-9H2,1-2H3,(H,16,17). The second kappa shape index (κ2) is 5.81. The van der Waals surface area contributed by atoms with E-state index < -0.39 is 0 Å². The Balaban J connectivity index is 2.39. The SMILES string of the molecule is CC(C)Cc1[nH]c(=S)cc2c1CCCCCC2. The van der Waals surface area contributed by atoms with Crippen molar-refractivity contribution < 1.29 is 0 Å². The molecule has 0 radical (unpaired) electrons. The van der Waals surface area contributed by atoms with Crippen LogP contribution in [0, 0.1) is 10.6 Å². The molecule has 17 heavy (non-hydrogen) atoms. The van der Waals surface area contributed by atoms with E-state index >= 15 is 0 Å². The fourth-order valence-corrected chi connectivity index (χ4v) is 3.05. The largest absolute Gasteiger partial charge is 0.350 e. The molecule has 1 aromatic rings. The Labute approximate surface area is 110 Å². The Morgan fingerprint density at radius 3 is 2.59 bits per heavy atom. The summed E-state index contributed by atoms with van der Waals surface area (Å²) in [4.78, 5) is 3.43. The summed E-state index contributed by atoms with van der Waals surface area (Å²) in [6.45, 7) is 4.55. The van der Waals surface area contributed by atoms with Gasteiger partial charge in [0.15, 0.2) is 0 Å². The van der Waals surface area contributed by atoms with E-state index in [0.717, 1.165) is 11.1 Å². The molecular formula is C15H23NS. The van der Waals surface area contributed by atoms with Gasteiger partial charge in [0.25, 0.3) is 0 Å². The molecule has 0 fully saturated rings. The Morgan fingerprint density at radius 1 is 1.18 bits per heavy atom. The number of hydrogen-bond donors (Lipinski definition) is 1. The van der Waals surface area contributed by atoms with Gasteiger partial charge in [0.05, 0.1) is 0 Å². The van der Waals surface area contributed by atoms with Crippen LogP contribution in [0.2, 0.25) is 0 Å². The number of hydrogen-bond acceptors (Lipinski definition) is 1. The monoisotopic (exact) mass is 249 g/mol. The van der Waals surface area contributed by atoms with E-state index in [9.17, 15) is 0 Å². The third kappa shape index (κ3) is 3.41. The van der Waals surface area contributed by atoms with Gasteiger partial charge in [-0.05, 0) is 55.2 Å². The van der Waals surface area contributed by atoms with Crippen LogP contribution < -0.4 is 0 Å². The number of aromatic amines is 1. The number of fused-ring (bicyclic) bond motifs is 1. The fraction of sp³-hybridized carbons (Fsp3) is 0.667. The molecule has 0 amide bonds. The first-order chi connectivity index (χ1) is 8.16. The van der Waals surface area contributed by atoms with Crippen LogP contribution in [0.25, 0.3) is 0 Å². The Hall–Kier alpha value is -0.630. The highest BCUT2D eigenvalue weighted by molar-refractivity contribution is 7.71. The average molecular weight is 249 g/mol. The molecule has 1 aliphatic carbocycles. The maximum absolute atomic E-state index is 5.36. The quantitative estimate of drug-likeness (QED) is 0.757. The molecule has 0 bridgehead atoms. The van der Waals surface area contributed by atoms with E-state index in [1.807, 2.05) is 0 Å². The van der Waals surface area contributed by atoms with Gasteiger partial charge in [-0.3, -0.25) is 0 Å². The van der Waals surface area contributed by atoms with Crippen LogP contribution in [-0.4, -0.2) is 4.98 Å². The molecule has 1 aliphatic rings. The van der Waals surface area contributed by atoms with Crippen LogP contribution in [0.15, 0.2) is 6.07 Å². The Kier molecular flexibility index (Phi) is 4.38. The molecule has 0 spiro atoms. The molecule has 1 aromatic heterocycles. The van der Waals surface area contributed by atoms with Gasteiger partial charge >= 0.3 is 0 Å². The first kappa shape index (κ1) is 12.8. The fourth-order valence-electron chi connectivity index (χ4n) is 2.79. The van der Waals surface area contributed by atoms with Crippen molar-refractivity contribution in [1.82, 2.24) is 4.98 Å². The van der Waals surface area contributed by atoms with Crippen molar-refractivity contribution >= 4 is 12.2 Å². The lowest BCUT2D eigenvalue weighted by atomic mass is 9.90. The lowest BCUT2D eigenvalue weighted by Crippen LogP contribution is -2.09. The predicted octanol–water partition coefficient (Wildman–Crippen LogP) is 4.60. The highest BCUT2D eigenvalue weighted by atomic mass is 32.1. The number of H-pyrrole nitrogens is 1. The van der Waals surface area contributed by atoms with Crippen molar-refractivity contribution in [2.75, 3.05) is 0 Å². The summed E-state index contributed by atoms with van der Waals surface area (Å²) in [5.74, 6) is 0.692. The molecule has 0 aliphatic heterocycles. The molecule has 0 unspecified atom stereocenters. The zero-order chi connectivity index (χ0) is 12.3. The molecular weight excluding hydrogens is 226 g/mol. The average Bonchev–Trinajstić information content (AvgIpc) is 2.19. The van der Waals surface area contributed by atoms with Crippen molar-refractivity contribution in [1.29, 1.82) is 0 Å². The van der Waals surface area contributed by atoms with Crippen molar-refractivity contribution in [2.45, 2.75) is 58.8 Å². The zero-order valence-corrected chi connectivity index (χ0v) is 11.8. The lowest BCUT2D eigenvalue weighted by Gasteiger charge is -2.18. The van der Waals surface area contributed by atoms with Gasteiger partial charge in [-0.15, -0.1) is 0 Å². The van der Waals surface area contributed by atoms with Gasteiger partial charge in [0, 0.05) is 5.69 Å². The molecule has 0 aromatic carbocycles. The van der Waals surface area contributed by atoms with Crippen molar-refractivity contribution in [3.05, 3.63) is 27.5 Å². The second-order valence-corrected chi connectivity index (χ2v) is 6.07. The van der Waals surface area contributed by atoms with E-state index in [2.05, 4.69) is 24.9 Å². The first-order valence-corrected chi connectivity index (χ1v) is 7.31. The molecule has 0 saturated carbocycles. The zero-order valence-electron chi connectivity index (χ0n) is 11.0. The molecule has 2 heteroatoms. The Bertz CT molecular complexity index is 431. The van der Waals surface area contributed by atoms with Gasteiger partial charge < -0.3 is 4.98 Å². The molecule has 1 N–H and O–H groups in total. The summed E-state index contributed by atoms with van der Waals surface area (Å²) < 4.78 is 0.917. The number of rotatable bonds is 2. The van der Waals surface area contributed by atoms with Gasteiger partial charge in [0.1, 0.15) is 4.64 Å². The van der Waals surface area contributed by atoms with E-state index in [0.29, 0.717) is 5.92 Å². The normalized spacial score (nSPS) is 16.4. The maximum Gasteiger partial charge on any atom is 0.103 e. The van der Waals surface area contributed by atoms with Crippen LogP contribution in [0.5, 0.6) is 0 Å². The smallest absolute Gasteiger partial charge is 0.103 e. The van der Waals surface area contributed by atoms with Crippen LogP contribution in [0.3, 0.4) is 0 Å². The molecule has 0 saturated heterocycles. The van der Waals surface area contributed by atoms with Crippen LogP contribution >= 0.6 is 12.2 Å². The summed E-state index contributed by atoms with van der Waals surface area (Å²) in [5, 5.41) is 0. The Morgan fingerprint density at radius 2 is 1.88 bits per heavy atom. The lowest BCUT2D eigenvalue weighted by molar-refractivity contribution is 0.593. The maximum atomic E-state index is 5.36. The van der Waals surface area contributed by atoms with E-state index in [1.54, 1.807) is 5.56 Å². The third-order valence-corrected chi connectivity index (χ3v) is 3.79. The second-order valence-electron chi connectivity index (χ2n) is 5.63. The van der Waals surface area contributed by atoms with Crippen LogP contribution in [-0.2, 0) is 19.3 Å². The summed E-state index contributed by atoms with van der Waals surface area (Å²) in [6.07, 6.45) is 9.02. The van der Waals surface area contributed by atoms with Gasteiger partial charge in [0.2, 0.25) is 0 Å². The van der Waals surface area contributed by atoms with Crippen LogP contribution in [0.4, 0.5) is 0 Å². The number of nitrogens with one attached hydrogen (secondary N) is 1. The van der Waals surface area contributed by atoms with Gasteiger partial charge in [-0.1, -0.05) is 38.9 Å². The van der Waals surface area contributed by atoms with E-state index in [-0.39, 0.29) is 0 Å². The minimum atomic E-state index is 0.692. The summed E-state index contributed by atoms with van der Waals surface area (Å²) in [7, 11) is 0. The minimum Gasteiger partial charge on any atom is -0.350 e. The molecule has 1 heterocycles. The number of aryl methyl sites for hydroxylation is 1. The highest BCUT2D eigenvalue weighted by Crippen LogP contribution is 2.24. The summed E-state index contributed by atoms with van der Waals surface area (Å²) in [6, 6.07) is 2.19. The highest BCUT2D eigenvalue weighted by Gasteiger charge is 2.12.